The predicted molar refractivity (Wildman–Crippen MR) is 51.1 cm³/mol. The van der Waals surface area contributed by atoms with Crippen molar-refractivity contribution in [1.29, 1.82) is 0 Å². The lowest BCUT2D eigenvalue weighted by Crippen LogP contribution is -2.14. The molecule has 0 aromatic heterocycles. The number of halogens is 2. The van der Waals surface area contributed by atoms with Gasteiger partial charge in [-0.05, 0) is 29.1 Å². The zero-order valence-corrected chi connectivity index (χ0v) is 9.10. The molecule has 0 aromatic rings. The van der Waals surface area contributed by atoms with Crippen molar-refractivity contribution in [3.8, 4) is 0 Å². The third-order valence-electron chi connectivity index (χ3n) is 1.58. The van der Waals surface area contributed by atoms with Crippen molar-refractivity contribution in [2.24, 2.45) is 5.92 Å². The van der Waals surface area contributed by atoms with Crippen LogP contribution in [0.15, 0.2) is 0 Å². The first-order valence-corrected chi connectivity index (χ1v) is 4.64. The lowest BCUT2D eigenvalue weighted by Gasteiger charge is -2.10. The monoisotopic (exact) mass is 240 g/mol. The number of carbonyl (C=O) groups excluding carboxylic acids is 3. The number of esters is 1. The molecular formula is C8H10Cl2O4. The normalized spacial score (nSPS) is 10.0. The number of hydrogen-bond donors (Lipinski definition) is 0. The van der Waals surface area contributed by atoms with Gasteiger partial charge in [0.1, 0.15) is 0 Å². The van der Waals surface area contributed by atoms with Gasteiger partial charge < -0.3 is 4.74 Å². The van der Waals surface area contributed by atoms with Crippen LogP contribution in [0.4, 0.5) is 0 Å². The lowest BCUT2D eigenvalue weighted by molar-refractivity contribution is -0.141. The SMILES string of the molecule is COC(=O)CC(CC(=O)Cl)CC(=O)Cl. The van der Waals surface area contributed by atoms with E-state index >= 15 is 0 Å². The first-order chi connectivity index (χ1) is 6.45. The Morgan fingerprint density at radius 3 is 1.79 bits per heavy atom. The molecule has 80 valence electrons. The molecule has 6 heteroatoms. The molecule has 0 radical (unpaired) electrons. The molecule has 0 N–H and O–H groups in total. The van der Waals surface area contributed by atoms with Crippen molar-refractivity contribution < 1.29 is 19.1 Å². The summed E-state index contributed by atoms with van der Waals surface area (Å²) < 4.78 is 4.40. The largest absolute Gasteiger partial charge is 0.469 e. The van der Waals surface area contributed by atoms with Gasteiger partial charge in [-0.25, -0.2) is 0 Å². The smallest absolute Gasteiger partial charge is 0.305 e. The summed E-state index contributed by atoms with van der Waals surface area (Å²) in [6.45, 7) is 0. The standard InChI is InChI=1S/C8H10Cl2O4/c1-14-8(13)4-5(2-6(9)11)3-7(10)12/h5H,2-4H2,1H3. The van der Waals surface area contributed by atoms with Crippen LogP contribution in [0, 0.1) is 5.92 Å². The van der Waals surface area contributed by atoms with Gasteiger partial charge in [-0.15, -0.1) is 0 Å². The summed E-state index contributed by atoms with van der Waals surface area (Å²) >= 11 is 10.3. The molecule has 0 heterocycles. The maximum Gasteiger partial charge on any atom is 0.305 e. The summed E-state index contributed by atoms with van der Waals surface area (Å²) in [7, 11) is 1.23. The van der Waals surface area contributed by atoms with Gasteiger partial charge in [0.2, 0.25) is 10.5 Å². The Kier molecular flexibility index (Phi) is 6.49. The highest BCUT2D eigenvalue weighted by atomic mass is 35.5. The third-order valence-corrected chi connectivity index (χ3v) is 1.89. The van der Waals surface area contributed by atoms with E-state index in [1.165, 1.54) is 7.11 Å². The molecule has 0 atom stereocenters. The average molecular weight is 241 g/mol. The molecule has 0 saturated heterocycles. The molecule has 4 nitrogen and oxygen atoms in total. The Bertz CT molecular complexity index is 223. The van der Waals surface area contributed by atoms with E-state index in [1.54, 1.807) is 0 Å². The molecule has 0 aromatic carbocycles. The van der Waals surface area contributed by atoms with Gasteiger partial charge in [-0.3, -0.25) is 14.4 Å². The third kappa shape index (κ3) is 6.86. The minimum atomic E-state index is -0.600. The van der Waals surface area contributed by atoms with Crippen LogP contribution in [0.1, 0.15) is 19.3 Å². The fraction of sp³-hybridized carbons (Fsp3) is 0.625. The second-order valence-corrected chi connectivity index (χ2v) is 3.61. The second-order valence-electron chi connectivity index (χ2n) is 2.76. The van der Waals surface area contributed by atoms with Crippen molar-refractivity contribution in [2.45, 2.75) is 19.3 Å². The summed E-state index contributed by atoms with van der Waals surface area (Å²) in [6.07, 6.45) is -0.155. The van der Waals surface area contributed by atoms with Crippen LogP contribution in [-0.2, 0) is 19.1 Å². The molecule has 0 bridgehead atoms. The van der Waals surface area contributed by atoms with E-state index < -0.39 is 22.4 Å². The number of ether oxygens (including phenoxy) is 1. The molecule has 0 aliphatic heterocycles. The molecular weight excluding hydrogens is 231 g/mol. The van der Waals surface area contributed by atoms with E-state index in [2.05, 4.69) is 4.74 Å². The zero-order chi connectivity index (χ0) is 11.1. The van der Waals surface area contributed by atoms with Gasteiger partial charge in [0.25, 0.3) is 0 Å². The highest BCUT2D eigenvalue weighted by Crippen LogP contribution is 2.17. The summed E-state index contributed by atoms with van der Waals surface area (Å²) in [5, 5.41) is -1.20. The summed E-state index contributed by atoms with van der Waals surface area (Å²) in [5.74, 6) is -0.969. The van der Waals surface area contributed by atoms with Crippen LogP contribution < -0.4 is 0 Å². The van der Waals surface area contributed by atoms with E-state index in [0.29, 0.717) is 0 Å². The molecule has 14 heavy (non-hydrogen) atoms. The highest BCUT2D eigenvalue weighted by molar-refractivity contribution is 6.64. The van der Waals surface area contributed by atoms with Crippen LogP contribution in [0.3, 0.4) is 0 Å². The number of methoxy groups -OCH3 is 1. The van der Waals surface area contributed by atoms with Crippen LogP contribution >= 0.6 is 23.2 Å². The molecule has 0 aliphatic rings. The first kappa shape index (κ1) is 13.4. The van der Waals surface area contributed by atoms with E-state index in [4.69, 9.17) is 23.2 Å². The van der Waals surface area contributed by atoms with Crippen LogP contribution in [0.5, 0.6) is 0 Å². The second kappa shape index (κ2) is 6.79. The van der Waals surface area contributed by atoms with Crippen molar-refractivity contribution in [3.05, 3.63) is 0 Å². The minimum Gasteiger partial charge on any atom is -0.469 e. The van der Waals surface area contributed by atoms with Crippen LogP contribution in [0.25, 0.3) is 0 Å². The summed E-state index contributed by atoms with van der Waals surface area (Å²) in [4.78, 5) is 32.0. The van der Waals surface area contributed by atoms with E-state index in [-0.39, 0.29) is 19.3 Å². The van der Waals surface area contributed by atoms with Gasteiger partial charge in [-0.1, -0.05) is 0 Å². The topological polar surface area (TPSA) is 60.4 Å². The fourth-order valence-corrected chi connectivity index (χ4v) is 1.43. The Labute approximate surface area is 91.5 Å². The van der Waals surface area contributed by atoms with Crippen molar-refractivity contribution >= 4 is 39.7 Å². The van der Waals surface area contributed by atoms with Gasteiger partial charge in [0.05, 0.1) is 7.11 Å². The van der Waals surface area contributed by atoms with Crippen molar-refractivity contribution in [3.63, 3.8) is 0 Å². The fourth-order valence-electron chi connectivity index (χ4n) is 0.989. The average Bonchev–Trinajstić information content (AvgIpc) is 2.01. The Morgan fingerprint density at radius 1 is 1.07 bits per heavy atom. The zero-order valence-electron chi connectivity index (χ0n) is 7.59. The van der Waals surface area contributed by atoms with Gasteiger partial charge in [-0.2, -0.15) is 0 Å². The van der Waals surface area contributed by atoms with Gasteiger partial charge in [0, 0.05) is 19.3 Å². The molecule has 0 fully saturated rings. The quantitative estimate of drug-likeness (QED) is 0.522. The number of hydrogen-bond acceptors (Lipinski definition) is 4. The van der Waals surface area contributed by atoms with Crippen molar-refractivity contribution in [2.75, 3.05) is 7.11 Å². The van der Waals surface area contributed by atoms with Crippen LogP contribution in [-0.4, -0.2) is 23.6 Å². The van der Waals surface area contributed by atoms with E-state index in [1.807, 2.05) is 0 Å². The summed E-state index contributed by atoms with van der Waals surface area (Å²) in [6, 6.07) is 0. The molecule has 0 aliphatic carbocycles. The Hall–Kier alpha value is -0.610. The predicted octanol–water partition coefficient (Wildman–Crippen LogP) is 1.48. The van der Waals surface area contributed by atoms with Gasteiger partial charge >= 0.3 is 5.97 Å². The maximum absolute atomic E-state index is 10.9. The molecule has 0 amide bonds. The molecule has 0 spiro atoms. The van der Waals surface area contributed by atoms with E-state index in [0.717, 1.165) is 0 Å². The number of rotatable bonds is 6. The number of carbonyl (C=O) groups is 3. The maximum atomic E-state index is 10.9. The molecule has 0 unspecified atom stereocenters. The molecule has 0 rings (SSSR count). The Balaban J connectivity index is 4.16. The summed E-state index contributed by atoms with van der Waals surface area (Å²) in [5.41, 5.74) is 0. The first-order valence-electron chi connectivity index (χ1n) is 3.89. The highest BCUT2D eigenvalue weighted by Gasteiger charge is 2.19. The molecule has 0 saturated carbocycles. The Morgan fingerprint density at radius 2 is 1.50 bits per heavy atom. The van der Waals surface area contributed by atoms with Crippen LogP contribution in [0.2, 0.25) is 0 Å². The van der Waals surface area contributed by atoms with E-state index in [9.17, 15) is 14.4 Å². The van der Waals surface area contributed by atoms with Crippen molar-refractivity contribution in [1.82, 2.24) is 0 Å². The minimum absolute atomic E-state index is 0.0343. The lowest BCUT2D eigenvalue weighted by atomic mass is 9.99. The van der Waals surface area contributed by atoms with Gasteiger partial charge in [0.15, 0.2) is 0 Å².